The van der Waals surface area contributed by atoms with Crippen LogP contribution in [-0.2, 0) is 5.60 Å². The summed E-state index contributed by atoms with van der Waals surface area (Å²) in [7, 11) is 0. The van der Waals surface area contributed by atoms with E-state index < -0.39 is 5.60 Å². The number of carbonyl (C=O) groups excluding carboxylic acids is 1. The Bertz CT molecular complexity index is 909. The van der Waals surface area contributed by atoms with Crippen LogP contribution in [0.15, 0.2) is 66.7 Å². The SMILES string of the molecule is O=C1c2c(Cl)cccc2C(O)(c2ccccc2)c2cccc(Cl)c21. The lowest BCUT2D eigenvalue weighted by Crippen LogP contribution is -2.37. The van der Waals surface area contributed by atoms with Gasteiger partial charge in [-0.15, -0.1) is 0 Å². The van der Waals surface area contributed by atoms with Crippen LogP contribution in [0.3, 0.4) is 0 Å². The van der Waals surface area contributed by atoms with Gasteiger partial charge in [-0.05, 0) is 17.7 Å². The van der Waals surface area contributed by atoms with Crippen molar-refractivity contribution in [1.82, 2.24) is 0 Å². The molecule has 0 heterocycles. The highest BCUT2D eigenvalue weighted by Gasteiger charge is 2.45. The van der Waals surface area contributed by atoms with Crippen LogP contribution in [0.25, 0.3) is 0 Å². The summed E-state index contributed by atoms with van der Waals surface area (Å²) in [5.41, 5.74) is 0.707. The van der Waals surface area contributed by atoms with E-state index in [0.29, 0.717) is 37.9 Å². The smallest absolute Gasteiger partial charge is 0.196 e. The Balaban J connectivity index is 2.17. The molecule has 1 N–H and O–H groups in total. The van der Waals surface area contributed by atoms with Crippen LogP contribution in [0.4, 0.5) is 0 Å². The van der Waals surface area contributed by atoms with Crippen molar-refractivity contribution in [3.8, 4) is 0 Å². The molecule has 0 aliphatic heterocycles. The molecule has 2 nitrogen and oxygen atoms in total. The van der Waals surface area contributed by atoms with Gasteiger partial charge >= 0.3 is 0 Å². The number of aliphatic hydroxyl groups is 1. The minimum Gasteiger partial charge on any atom is -0.376 e. The highest BCUT2D eigenvalue weighted by molar-refractivity contribution is 6.39. The van der Waals surface area contributed by atoms with Gasteiger partial charge in [-0.25, -0.2) is 0 Å². The lowest BCUT2D eigenvalue weighted by atomic mass is 9.71. The van der Waals surface area contributed by atoms with E-state index in [4.69, 9.17) is 23.2 Å². The lowest BCUT2D eigenvalue weighted by molar-refractivity contribution is 0.0950. The average molecular weight is 355 g/mol. The van der Waals surface area contributed by atoms with Crippen molar-refractivity contribution >= 4 is 29.0 Å². The van der Waals surface area contributed by atoms with Gasteiger partial charge < -0.3 is 5.11 Å². The van der Waals surface area contributed by atoms with E-state index in [2.05, 4.69) is 0 Å². The van der Waals surface area contributed by atoms with Gasteiger partial charge in [0.2, 0.25) is 0 Å². The standard InChI is InChI=1S/C20H12Cl2O2/c21-15-10-4-8-13-17(15)19(23)18-14(9-5-11-16(18)22)20(13,24)12-6-2-1-3-7-12/h1-11,24H. The molecule has 24 heavy (non-hydrogen) atoms. The van der Waals surface area contributed by atoms with Crippen LogP contribution in [-0.4, -0.2) is 10.9 Å². The van der Waals surface area contributed by atoms with Crippen molar-refractivity contribution in [2.24, 2.45) is 0 Å². The molecular formula is C20H12Cl2O2. The zero-order chi connectivity index (χ0) is 16.9. The molecule has 0 amide bonds. The van der Waals surface area contributed by atoms with Crippen LogP contribution in [0.2, 0.25) is 10.0 Å². The quantitative estimate of drug-likeness (QED) is 0.679. The molecule has 4 rings (SSSR count). The van der Waals surface area contributed by atoms with E-state index in [-0.39, 0.29) is 5.78 Å². The van der Waals surface area contributed by atoms with Gasteiger partial charge in [0.15, 0.2) is 5.78 Å². The fourth-order valence-electron chi connectivity index (χ4n) is 3.37. The maximum absolute atomic E-state index is 13.0. The van der Waals surface area contributed by atoms with E-state index >= 15 is 0 Å². The Kier molecular flexibility index (Phi) is 3.50. The Morgan fingerprint density at radius 3 is 1.71 bits per heavy atom. The molecule has 0 saturated heterocycles. The van der Waals surface area contributed by atoms with Crippen molar-refractivity contribution in [2.75, 3.05) is 0 Å². The fourth-order valence-corrected chi connectivity index (χ4v) is 3.89. The minimum atomic E-state index is -1.49. The fraction of sp³-hybridized carbons (Fsp3) is 0.0500. The zero-order valence-electron chi connectivity index (χ0n) is 12.5. The summed E-state index contributed by atoms with van der Waals surface area (Å²) in [6.45, 7) is 0. The van der Waals surface area contributed by atoms with Crippen LogP contribution >= 0.6 is 23.2 Å². The van der Waals surface area contributed by atoms with E-state index in [1.54, 1.807) is 36.4 Å². The maximum atomic E-state index is 13.0. The Morgan fingerprint density at radius 2 is 1.21 bits per heavy atom. The van der Waals surface area contributed by atoms with E-state index in [1.807, 2.05) is 30.3 Å². The molecule has 0 bridgehead atoms. The summed E-state index contributed by atoms with van der Waals surface area (Å²) in [4.78, 5) is 13.0. The first kappa shape index (κ1) is 15.4. The number of hydrogen-bond acceptors (Lipinski definition) is 2. The number of rotatable bonds is 1. The summed E-state index contributed by atoms with van der Waals surface area (Å²) >= 11 is 12.6. The summed E-state index contributed by atoms with van der Waals surface area (Å²) in [6.07, 6.45) is 0. The van der Waals surface area contributed by atoms with E-state index in [0.717, 1.165) is 0 Å². The summed E-state index contributed by atoms with van der Waals surface area (Å²) in [5.74, 6) is -0.267. The van der Waals surface area contributed by atoms with Gasteiger partial charge in [0.25, 0.3) is 0 Å². The van der Waals surface area contributed by atoms with Crippen molar-refractivity contribution in [1.29, 1.82) is 0 Å². The predicted octanol–water partition coefficient (Wildman–Crippen LogP) is 4.82. The summed E-state index contributed by atoms with van der Waals surface area (Å²) in [6, 6.07) is 19.4. The van der Waals surface area contributed by atoms with Crippen molar-refractivity contribution < 1.29 is 9.90 Å². The second-order valence-corrected chi connectivity index (χ2v) is 6.54. The highest BCUT2D eigenvalue weighted by atomic mass is 35.5. The molecule has 3 aromatic carbocycles. The number of ketones is 1. The van der Waals surface area contributed by atoms with Crippen LogP contribution < -0.4 is 0 Å². The molecule has 3 aromatic rings. The predicted molar refractivity (Wildman–Crippen MR) is 94.9 cm³/mol. The van der Waals surface area contributed by atoms with Crippen LogP contribution in [0.5, 0.6) is 0 Å². The van der Waals surface area contributed by atoms with Crippen LogP contribution in [0.1, 0.15) is 32.6 Å². The zero-order valence-corrected chi connectivity index (χ0v) is 14.0. The molecule has 0 fully saturated rings. The molecular weight excluding hydrogens is 343 g/mol. The van der Waals surface area contributed by atoms with Gasteiger partial charge in [0, 0.05) is 22.3 Å². The number of fused-ring (bicyclic) bond motifs is 2. The first-order valence-corrected chi connectivity index (χ1v) is 8.21. The van der Waals surface area contributed by atoms with Gasteiger partial charge in [0.05, 0.1) is 10.0 Å². The molecule has 0 saturated carbocycles. The lowest BCUT2D eigenvalue weighted by Gasteiger charge is -2.37. The summed E-state index contributed by atoms with van der Waals surface area (Å²) < 4.78 is 0. The molecule has 1 aliphatic rings. The molecule has 1 aliphatic carbocycles. The Labute approximate surface area is 149 Å². The molecule has 0 aromatic heterocycles. The Hall–Kier alpha value is -2.13. The van der Waals surface area contributed by atoms with Crippen LogP contribution in [0, 0.1) is 0 Å². The third kappa shape index (κ3) is 1.97. The van der Waals surface area contributed by atoms with Gasteiger partial charge in [-0.3, -0.25) is 4.79 Å². The number of halogens is 2. The summed E-state index contributed by atoms with van der Waals surface area (Å²) in [5, 5.41) is 12.4. The highest BCUT2D eigenvalue weighted by Crippen LogP contribution is 2.47. The third-order valence-electron chi connectivity index (χ3n) is 4.45. The first-order chi connectivity index (χ1) is 11.5. The second-order valence-electron chi connectivity index (χ2n) is 5.73. The monoisotopic (exact) mass is 354 g/mol. The topological polar surface area (TPSA) is 37.3 Å². The average Bonchev–Trinajstić information content (AvgIpc) is 2.60. The first-order valence-electron chi connectivity index (χ1n) is 7.45. The Morgan fingerprint density at radius 1 is 0.708 bits per heavy atom. The molecule has 4 heteroatoms. The molecule has 0 radical (unpaired) electrons. The third-order valence-corrected chi connectivity index (χ3v) is 5.08. The molecule has 0 atom stereocenters. The number of carbonyl (C=O) groups is 1. The number of hydrogen-bond donors (Lipinski definition) is 1. The largest absolute Gasteiger partial charge is 0.376 e. The van der Waals surface area contributed by atoms with E-state index in [1.165, 1.54) is 0 Å². The minimum absolute atomic E-state index is 0.267. The molecule has 0 spiro atoms. The maximum Gasteiger partial charge on any atom is 0.196 e. The van der Waals surface area contributed by atoms with Crippen molar-refractivity contribution in [2.45, 2.75) is 5.60 Å². The normalized spacial score (nSPS) is 14.9. The van der Waals surface area contributed by atoms with Gasteiger partial charge in [0.1, 0.15) is 5.60 Å². The molecule has 0 unspecified atom stereocenters. The van der Waals surface area contributed by atoms with E-state index in [9.17, 15) is 9.90 Å². The second kappa shape index (κ2) is 5.45. The molecule has 118 valence electrons. The van der Waals surface area contributed by atoms with Gasteiger partial charge in [-0.1, -0.05) is 77.8 Å². The van der Waals surface area contributed by atoms with Gasteiger partial charge in [-0.2, -0.15) is 0 Å². The van der Waals surface area contributed by atoms with Crippen molar-refractivity contribution in [3.05, 3.63) is 105 Å². The number of benzene rings is 3. The van der Waals surface area contributed by atoms with Crippen molar-refractivity contribution in [3.63, 3.8) is 0 Å².